The van der Waals surface area contributed by atoms with Crippen LogP contribution in [0.25, 0.3) is 0 Å². The molecular formula is C10H3BF6O4. The quantitative estimate of drug-likeness (QED) is 0.448. The maximum atomic E-state index is 12.6. The van der Waals surface area contributed by atoms with Gasteiger partial charge in [0.05, 0.1) is 11.1 Å². The molecule has 4 nitrogen and oxygen atoms in total. The average Bonchev–Trinajstić information content (AvgIpc) is 2.67. The summed E-state index contributed by atoms with van der Waals surface area (Å²) in [6.07, 6.45) is -10.1. The van der Waals surface area contributed by atoms with Crippen LogP contribution >= 0.6 is 0 Å². The van der Waals surface area contributed by atoms with Crippen molar-refractivity contribution < 1.29 is 45.2 Å². The molecule has 1 fully saturated rings. The monoisotopic (exact) mass is 312 g/mol. The van der Waals surface area contributed by atoms with Crippen LogP contribution in [0.5, 0.6) is 0 Å². The number of carbonyl (C=O) groups excluding carboxylic acids is 2. The molecule has 0 radical (unpaired) electrons. The predicted octanol–water partition coefficient (Wildman–Crippen LogP) is 1.52. The molecule has 0 atom stereocenters. The molecule has 0 saturated carbocycles. The normalized spacial score (nSPS) is 16.0. The van der Waals surface area contributed by atoms with Crippen molar-refractivity contribution in [3.05, 3.63) is 29.3 Å². The van der Waals surface area contributed by atoms with E-state index in [1.807, 2.05) is 0 Å². The third-order valence-electron chi connectivity index (χ3n) is 2.48. The SMILES string of the molecule is O=C1OB(c2cc(C(F)(F)F)cc(C(F)(F)F)c2)OC1=O. The van der Waals surface area contributed by atoms with E-state index in [9.17, 15) is 35.9 Å². The number of carbonyl (C=O) groups is 2. The average molecular weight is 312 g/mol. The van der Waals surface area contributed by atoms with E-state index in [0.29, 0.717) is 12.1 Å². The van der Waals surface area contributed by atoms with Crippen LogP contribution in [0.2, 0.25) is 0 Å². The molecule has 0 bridgehead atoms. The van der Waals surface area contributed by atoms with E-state index < -0.39 is 48.0 Å². The number of hydrogen-bond donors (Lipinski definition) is 0. The molecule has 0 amide bonds. The van der Waals surface area contributed by atoms with Crippen LogP contribution in [0, 0.1) is 0 Å². The first kappa shape index (κ1) is 15.2. The van der Waals surface area contributed by atoms with Crippen molar-refractivity contribution in [2.45, 2.75) is 12.4 Å². The lowest BCUT2D eigenvalue weighted by molar-refractivity contribution is -0.150. The third kappa shape index (κ3) is 3.11. The molecule has 0 unspecified atom stereocenters. The van der Waals surface area contributed by atoms with Crippen LogP contribution in [0.1, 0.15) is 11.1 Å². The first-order valence-electron chi connectivity index (χ1n) is 5.19. The second kappa shape index (κ2) is 4.67. The molecule has 112 valence electrons. The Kier molecular flexibility index (Phi) is 3.38. The van der Waals surface area contributed by atoms with Gasteiger partial charge >= 0.3 is 31.4 Å². The lowest BCUT2D eigenvalue weighted by atomic mass is 9.77. The highest BCUT2D eigenvalue weighted by atomic mass is 19.4. The Hall–Kier alpha value is -2.20. The van der Waals surface area contributed by atoms with E-state index in [2.05, 4.69) is 9.31 Å². The Morgan fingerprint density at radius 2 is 1.14 bits per heavy atom. The van der Waals surface area contributed by atoms with E-state index in [4.69, 9.17) is 0 Å². The van der Waals surface area contributed by atoms with Gasteiger partial charge in [-0.2, -0.15) is 26.3 Å². The second-order valence-electron chi connectivity index (χ2n) is 3.98. The molecule has 0 spiro atoms. The number of benzene rings is 1. The molecule has 1 aliphatic rings. The van der Waals surface area contributed by atoms with E-state index >= 15 is 0 Å². The minimum atomic E-state index is -5.05. The minimum absolute atomic E-state index is 0.0951. The van der Waals surface area contributed by atoms with Gasteiger partial charge in [-0.1, -0.05) is 0 Å². The molecule has 2 rings (SSSR count). The summed E-state index contributed by atoms with van der Waals surface area (Å²) >= 11 is 0. The van der Waals surface area contributed by atoms with E-state index in [0.717, 1.165) is 0 Å². The predicted molar refractivity (Wildman–Crippen MR) is 54.0 cm³/mol. The molecule has 21 heavy (non-hydrogen) atoms. The van der Waals surface area contributed by atoms with Crippen LogP contribution in [0.15, 0.2) is 18.2 Å². The van der Waals surface area contributed by atoms with Crippen molar-refractivity contribution in [1.29, 1.82) is 0 Å². The van der Waals surface area contributed by atoms with E-state index in [-0.39, 0.29) is 6.07 Å². The van der Waals surface area contributed by atoms with E-state index in [1.165, 1.54) is 0 Å². The molecule has 0 N–H and O–H groups in total. The summed E-state index contributed by atoms with van der Waals surface area (Å²) < 4.78 is 84.1. The molecule has 11 heteroatoms. The second-order valence-corrected chi connectivity index (χ2v) is 3.98. The Bertz CT molecular complexity index is 560. The molecule has 1 saturated heterocycles. The fourth-order valence-electron chi connectivity index (χ4n) is 1.57. The van der Waals surface area contributed by atoms with Crippen LogP contribution in [-0.2, 0) is 31.3 Å². The number of hydrogen-bond acceptors (Lipinski definition) is 4. The fourth-order valence-corrected chi connectivity index (χ4v) is 1.57. The van der Waals surface area contributed by atoms with Crippen molar-refractivity contribution in [3.63, 3.8) is 0 Å². The maximum Gasteiger partial charge on any atom is 0.637 e. The lowest BCUT2D eigenvalue weighted by Crippen LogP contribution is -2.34. The smallest absolute Gasteiger partial charge is 0.487 e. The zero-order chi connectivity index (χ0) is 16.0. The zero-order valence-corrected chi connectivity index (χ0v) is 9.71. The Labute approximate surface area is 112 Å². The van der Waals surface area contributed by atoms with Crippen molar-refractivity contribution in [2.75, 3.05) is 0 Å². The van der Waals surface area contributed by atoms with Crippen molar-refractivity contribution >= 4 is 24.5 Å². The highest BCUT2D eigenvalue weighted by Crippen LogP contribution is 2.34. The van der Waals surface area contributed by atoms with Gasteiger partial charge < -0.3 is 9.31 Å². The van der Waals surface area contributed by atoms with Crippen molar-refractivity contribution in [1.82, 2.24) is 0 Å². The first-order chi connectivity index (χ1) is 9.48. The van der Waals surface area contributed by atoms with E-state index in [1.54, 1.807) is 0 Å². The summed E-state index contributed by atoms with van der Waals surface area (Å²) in [5, 5.41) is 0. The zero-order valence-electron chi connectivity index (χ0n) is 9.71. The summed E-state index contributed by atoms with van der Waals surface area (Å²) in [5.74, 6) is -2.99. The van der Waals surface area contributed by atoms with Gasteiger partial charge in [-0.05, 0) is 18.2 Å². The van der Waals surface area contributed by atoms with Crippen LogP contribution in [0.4, 0.5) is 26.3 Å². The molecule has 1 aromatic rings. The number of rotatable bonds is 1. The van der Waals surface area contributed by atoms with Gasteiger partial charge in [0.1, 0.15) is 0 Å². The number of alkyl halides is 6. The summed E-state index contributed by atoms with van der Waals surface area (Å²) in [5.41, 5.74) is -3.95. The van der Waals surface area contributed by atoms with Crippen LogP contribution in [0.3, 0.4) is 0 Å². The molecule has 0 aromatic heterocycles. The summed E-state index contributed by atoms with van der Waals surface area (Å²) in [6.45, 7) is 0. The number of halogens is 6. The summed E-state index contributed by atoms with van der Waals surface area (Å²) in [4.78, 5) is 21.6. The van der Waals surface area contributed by atoms with Crippen LogP contribution < -0.4 is 5.46 Å². The topological polar surface area (TPSA) is 52.6 Å². The summed E-state index contributed by atoms with van der Waals surface area (Å²) in [7, 11) is -1.94. The van der Waals surface area contributed by atoms with Gasteiger partial charge in [0.15, 0.2) is 0 Å². The summed E-state index contributed by atoms with van der Waals surface area (Å²) in [6, 6.07) is 0.527. The lowest BCUT2D eigenvalue weighted by Gasteiger charge is -2.14. The Morgan fingerprint density at radius 1 is 0.762 bits per heavy atom. The minimum Gasteiger partial charge on any atom is -0.487 e. The molecule has 0 aliphatic carbocycles. The Morgan fingerprint density at radius 3 is 1.48 bits per heavy atom. The third-order valence-corrected chi connectivity index (χ3v) is 2.48. The maximum absolute atomic E-state index is 12.6. The van der Waals surface area contributed by atoms with Crippen molar-refractivity contribution in [3.8, 4) is 0 Å². The largest absolute Gasteiger partial charge is 0.637 e. The highest BCUT2D eigenvalue weighted by Gasteiger charge is 2.45. The first-order valence-corrected chi connectivity index (χ1v) is 5.19. The van der Waals surface area contributed by atoms with Gasteiger partial charge in [0.2, 0.25) is 0 Å². The molecule has 1 aliphatic heterocycles. The van der Waals surface area contributed by atoms with Gasteiger partial charge in [-0.15, -0.1) is 0 Å². The highest BCUT2D eigenvalue weighted by molar-refractivity contribution is 6.71. The fraction of sp³-hybridized carbons (Fsp3) is 0.200. The van der Waals surface area contributed by atoms with Gasteiger partial charge in [0.25, 0.3) is 0 Å². The Balaban J connectivity index is 2.51. The molecule has 1 heterocycles. The van der Waals surface area contributed by atoms with Gasteiger partial charge in [-0.3, -0.25) is 0 Å². The van der Waals surface area contributed by atoms with Crippen molar-refractivity contribution in [2.24, 2.45) is 0 Å². The standard InChI is InChI=1S/C10H3BF6O4/c12-9(13,14)4-1-5(10(15,16)17)3-6(2-4)11-20-7(18)8(19)21-11/h1-3H. The van der Waals surface area contributed by atoms with Gasteiger partial charge in [0, 0.05) is 5.46 Å². The van der Waals surface area contributed by atoms with Gasteiger partial charge in [-0.25, -0.2) is 9.59 Å². The van der Waals surface area contributed by atoms with Crippen LogP contribution in [-0.4, -0.2) is 19.1 Å². The molecule has 1 aromatic carbocycles. The molecular weight excluding hydrogens is 309 g/mol.